The van der Waals surface area contributed by atoms with Crippen molar-refractivity contribution in [2.75, 3.05) is 7.11 Å². The molecule has 9 heteroatoms. The standard InChI is InChI=1S/C17H14F2N2O4S/c1-24-14(23)8-11(9-3-2-4-10(7-9)25-17(18)19)15-13(22)6-5-12-16(15)21-26-20-12/h2-7,11,17,22H,8H2,1H3/t11-/m0/s1. The maximum absolute atomic E-state index is 12.5. The second-order valence-corrected chi connectivity index (χ2v) is 5.94. The second kappa shape index (κ2) is 7.61. The van der Waals surface area contributed by atoms with Gasteiger partial charge in [0.05, 0.1) is 25.3 Å². The number of phenols is 1. The van der Waals surface area contributed by atoms with Gasteiger partial charge in [0.2, 0.25) is 0 Å². The fourth-order valence-electron chi connectivity index (χ4n) is 2.75. The predicted octanol–water partition coefficient (Wildman–Crippen LogP) is 3.69. The Bertz CT molecular complexity index is 932. The van der Waals surface area contributed by atoms with Crippen LogP contribution in [0.25, 0.3) is 11.0 Å². The number of phenolic OH excluding ortho intramolecular Hbond substituents is 1. The van der Waals surface area contributed by atoms with E-state index in [0.29, 0.717) is 22.2 Å². The molecule has 2 aromatic carbocycles. The van der Waals surface area contributed by atoms with E-state index in [-0.39, 0.29) is 17.9 Å². The third kappa shape index (κ3) is 3.72. The number of benzene rings is 2. The number of aromatic hydroxyl groups is 1. The Kier molecular flexibility index (Phi) is 5.27. The number of ether oxygens (including phenoxy) is 2. The molecule has 0 spiro atoms. The minimum absolute atomic E-state index is 0.0459. The van der Waals surface area contributed by atoms with Crippen molar-refractivity contribution in [3.63, 3.8) is 0 Å². The summed E-state index contributed by atoms with van der Waals surface area (Å²) in [6, 6.07) is 9.05. The Hall–Kier alpha value is -2.81. The highest BCUT2D eigenvalue weighted by Gasteiger charge is 2.26. The monoisotopic (exact) mass is 380 g/mol. The number of carbonyl (C=O) groups excluding carboxylic acids is 1. The summed E-state index contributed by atoms with van der Waals surface area (Å²) in [6.45, 7) is -2.97. The van der Waals surface area contributed by atoms with E-state index in [2.05, 4.69) is 13.5 Å². The molecule has 0 fully saturated rings. The van der Waals surface area contributed by atoms with Gasteiger partial charge in [-0.05, 0) is 29.8 Å². The highest BCUT2D eigenvalue weighted by Crippen LogP contribution is 2.39. The van der Waals surface area contributed by atoms with Crippen LogP contribution in [0.1, 0.15) is 23.5 Å². The first-order valence-electron chi connectivity index (χ1n) is 7.55. The Morgan fingerprint density at radius 1 is 1.27 bits per heavy atom. The largest absolute Gasteiger partial charge is 0.508 e. The van der Waals surface area contributed by atoms with Gasteiger partial charge in [0.1, 0.15) is 22.5 Å². The van der Waals surface area contributed by atoms with Crippen molar-refractivity contribution in [3.8, 4) is 11.5 Å². The maximum atomic E-state index is 12.5. The zero-order valence-corrected chi connectivity index (χ0v) is 14.4. The highest BCUT2D eigenvalue weighted by molar-refractivity contribution is 7.00. The minimum atomic E-state index is -2.97. The van der Waals surface area contributed by atoms with Crippen molar-refractivity contribution in [2.45, 2.75) is 19.0 Å². The molecule has 0 aliphatic heterocycles. The number of alkyl halides is 2. The SMILES string of the molecule is COC(=O)C[C@@H](c1cccc(OC(F)F)c1)c1c(O)ccc2nsnc12. The Balaban J connectivity index is 2.12. The summed E-state index contributed by atoms with van der Waals surface area (Å²) < 4.78 is 42.5. The van der Waals surface area contributed by atoms with Gasteiger partial charge in [-0.3, -0.25) is 4.79 Å². The molecule has 1 atom stereocenters. The van der Waals surface area contributed by atoms with Crippen LogP contribution in [0, 0.1) is 0 Å². The predicted molar refractivity (Wildman–Crippen MR) is 90.6 cm³/mol. The van der Waals surface area contributed by atoms with E-state index in [1.54, 1.807) is 12.1 Å². The lowest BCUT2D eigenvalue weighted by Crippen LogP contribution is -2.11. The maximum Gasteiger partial charge on any atom is 0.387 e. The van der Waals surface area contributed by atoms with Crippen molar-refractivity contribution in [1.82, 2.24) is 8.75 Å². The van der Waals surface area contributed by atoms with Crippen molar-refractivity contribution in [3.05, 3.63) is 47.5 Å². The lowest BCUT2D eigenvalue weighted by Gasteiger charge is -2.19. The van der Waals surface area contributed by atoms with E-state index in [4.69, 9.17) is 4.74 Å². The molecular formula is C17H14F2N2O4S. The van der Waals surface area contributed by atoms with Gasteiger partial charge in [0.25, 0.3) is 0 Å². The molecule has 3 rings (SSSR count). The summed E-state index contributed by atoms with van der Waals surface area (Å²) in [4.78, 5) is 11.9. The minimum Gasteiger partial charge on any atom is -0.508 e. The molecule has 0 saturated heterocycles. The van der Waals surface area contributed by atoms with Crippen LogP contribution in [-0.2, 0) is 9.53 Å². The van der Waals surface area contributed by atoms with Gasteiger partial charge in [0, 0.05) is 11.5 Å². The summed E-state index contributed by atoms with van der Waals surface area (Å²) in [5.74, 6) is -1.30. The van der Waals surface area contributed by atoms with E-state index in [9.17, 15) is 18.7 Å². The molecule has 0 amide bonds. The summed E-state index contributed by atoms with van der Waals surface area (Å²) in [5, 5.41) is 10.4. The van der Waals surface area contributed by atoms with Crippen molar-refractivity contribution >= 4 is 28.7 Å². The van der Waals surface area contributed by atoms with Crippen molar-refractivity contribution in [1.29, 1.82) is 0 Å². The Labute approximate surface area is 151 Å². The van der Waals surface area contributed by atoms with Crippen molar-refractivity contribution in [2.24, 2.45) is 0 Å². The molecule has 0 radical (unpaired) electrons. The van der Waals surface area contributed by atoms with E-state index >= 15 is 0 Å². The fourth-order valence-corrected chi connectivity index (χ4v) is 3.30. The number of carbonyl (C=O) groups is 1. The summed E-state index contributed by atoms with van der Waals surface area (Å²) in [6.07, 6.45) is -0.112. The second-order valence-electron chi connectivity index (χ2n) is 5.41. The van der Waals surface area contributed by atoms with Gasteiger partial charge in [-0.15, -0.1) is 0 Å². The quantitative estimate of drug-likeness (QED) is 0.657. The van der Waals surface area contributed by atoms with Crippen LogP contribution in [0.4, 0.5) is 8.78 Å². The molecule has 6 nitrogen and oxygen atoms in total. The zero-order valence-electron chi connectivity index (χ0n) is 13.6. The first-order chi connectivity index (χ1) is 12.5. The molecule has 1 heterocycles. The molecule has 0 aliphatic rings. The van der Waals surface area contributed by atoms with E-state index in [0.717, 1.165) is 11.7 Å². The molecule has 136 valence electrons. The normalized spacial score (nSPS) is 12.3. The molecule has 0 unspecified atom stereocenters. The Morgan fingerprint density at radius 3 is 2.81 bits per heavy atom. The van der Waals surface area contributed by atoms with Crippen LogP contribution in [0.2, 0.25) is 0 Å². The Morgan fingerprint density at radius 2 is 2.08 bits per heavy atom. The summed E-state index contributed by atoms with van der Waals surface area (Å²) >= 11 is 0.973. The molecule has 0 aliphatic carbocycles. The number of hydrogen-bond acceptors (Lipinski definition) is 7. The molecule has 0 saturated carbocycles. The number of rotatable bonds is 6. The van der Waals surface area contributed by atoms with Gasteiger partial charge in [0.15, 0.2) is 0 Å². The van der Waals surface area contributed by atoms with Crippen molar-refractivity contribution < 1.29 is 28.2 Å². The lowest BCUT2D eigenvalue weighted by atomic mass is 9.87. The number of methoxy groups -OCH3 is 1. The number of hydrogen-bond donors (Lipinski definition) is 1. The fraction of sp³-hybridized carbons (Fsp3) is 0.235. The smallest absolute Gasteiger partial charge is 0.387 e. The van der Waals surface area contributed by atoms with Gasteiger partial charge in [-0.2, -0.15) is 17.5 Å². The third-order valence-corrected chi connectivity index (χ3v) is 4.42. The number of halogens is 2. The number of nitrogens with zero attached hydrogens (tertiary/aromatic N) is 2. The van der Waals surface area contributed by atoms with E-state index in [1.165, 1.54) is 31.4 Å². The summed E-state index contributed by atoms with van der Waals surface area (Å²) in [7, 11) is 1.25. The van der Waals surface area contributed by atoms with Gasteiger partial charge in [-0.1, -0.05) is 12.1 Å². The van der Waals surface area contributed by atoms with Gasteiger partial charge >= 0.3 is 12.6 Å². The topological polar surface area (TPSA) is 81.5 Å². The molecule has 1 aromatic heterocycles. The molecule has 1 N–H and O–H groups in total. The first kappa shape index (κ1) is 18.0. The average Bonchev–Trinajstić information content (AvgIpc) is 3.08. The number of fused-ring (bicyclic) bond motifs is 1. The van der Waals surface area contributed by atoms with Crippen LogP contribution in [0.5, 0.6) is 11.5 Å². The molecule has 0 bridgehead atoms. The number of aromatic nitrogens is 2. The lowest BCUT2D eigenvalue weighted by molar-refractivity contribution is -0.140. The van der Waals surface area contributed by atoms with E-state index < -0.39 is 18.5 Å². The third-order valence-electron chi connectivity index (χ3n) is 3.88. The van der Waals surface area contributed by atoms with Crippen LogP contribution in [0.3, 0.4) is 0 Å². The van der Waals surface area contributed by atoms with Gasteiger partial charge < -0.3 is 14.6 Å². The zero-order chi connectivity index (χ0) is 18.7. The number of esters is 1. The molecule has 3 aromatic rings. The molecule has 26 heavy (non-hydrogen) atoms. The van der Waals surface area contributed by atoms with Crippen LogP contribution in [-0.4, -0.2) is 33.5 Å². The summed E-state index contributed by atoms with van der Waals surface area (Å²) in [5.41, 5.74) is 1.90. The van der Waals surface area contributed by atoms with Crippen LogP contribution in [0.15, 0.2) is 36.4 Å². The first-order valence-corrected chi connectivity index (χ1v) is 8.28. The average molecular weight is 380 g/mol. The highest BCUT2D eigenvalue weighted by atomic mass is 32.1. The van der Waals surface area contributed by atoms with Crippen LogP contribution >= 0.6 is 11.7 Å². The molecular weight excluding hydrogens is 366 g/mol. The van der Waals surface area contributed by atoms with Crippen LogP contribution < -0.4 is 4.74 Å². The van der Waals surface area contributed by atoms with Gasteiger partial charge in [-0.25, -0.2) is 0 Å². The van der Waals surface area contributed by atoms with E-state index in [1.807, 2.05) is 0 Å².